The number of benzene rings is 1. The lowest BCUT2D eigenvalue weighted by Gasteiger charge is -2.34. The summed E-state index contributed by atoms with van der Waals surface area (Å²) >= 11 is 0. The van der Waals surface area contributed by atoms with E-state index in [1.54, 1.807) is 6.20 Å². The van der Waals surface area contributed by atoms with Gasteiger partial charge in [0.25, 0.3) is 0 Å². The Morgan fingerprint density at radius 1 is 1.07 bits per heavy atom. The zero-order valence-electron chi connectivity index (χ0n) is 14.9. The van der Waals surface area contributed by atoms with Gasteiger partial charge in [-0.05, 0) is 36.4 Å². The Morgan fingerprint density at radius 3 is 2.37 bits per heavy atom. The van der Waals surface area contributed by atoms with E-state index in [0.717, 1.165) is 5.82 Å². The highest BCUT2D eigenvalue weighted by molar-refractivity contribution is 7.89. The summed E-state index contributed by atoms with van der Waals surface area (Å²) in [6.45, 7) is 1.71. The van der Waals surface area contributed by atoms with Crippen molar-refractivity contribution >= 4 is 21.8 Å². The molecule has 0 unspecified atom stereocenters. The Balaban J connectivity index is 1.62. The van der Waals surface area contributed by atoms with Crippen LogP contribution in [0, 0.1) is 0 Å². The highest BCUT2D eigenvalue weighted by atomic mass is 32.2. The fourth-order valence-corrected chi connectivity index (χ4v) is 4.18. The van der Waals surface area contributed by atoms with Gasteiger partial charge in [0.1, 0.15) is 11.6 Å². The van der Waals surface area contributed by atoms with E-state index in [-0.39, 0.29) is 11.5 Å². The van der Waals surface area contributed by atoms with Crippen molar-refractivity contribution < 1.29 is 22.7 Å². The van der Waals surface area contributed by atoms with Gasteiger partial charge < -0.3 is 14.4 Å². The first-order valence-corrected chi connectivity index (χ1v) is 9.90. The third kappa shape index (κ3) is 4.55. The molecule has 1 aliphatic heterocycles. The maximum atomic E-state index is 12.8. The molecule has 27 heavy (non-hydrogen) atoms. The summed E-state index contributed by atoms with van der Waals surface area (Å²) in [7, 11) is -2.31. The highest BCUT2D eigenvalue weighted by Crippen LogP contribution is 2.22. The Kier molecular flexibility index (Phi) is 5.92. The van der Waals surface area contributed by atoms with Crippen molar-refractivity contribution in [3.05, 3.63) is 48.7 Å². The number of ether oxygens (including phenoxy) is 2. The van der Waals surface area contributed by atoms with Gasteiger partial charge >= 0.3 is 5.97 Å². The van der Waals surface area contributed by atoms with Gasteiger partial charge in [-0.2, -0.15) is 4.31 Å². The second-order valence-corrected chi connectivity index (χ2v) is 7.85. The monoisotopic (exact) mass is 391 g/mol. The van der Waals surface area contributed by atoms with Crippen LogP contribution in [0.25, 0.3) is 0 Å². The highest BCUT2D eigenvalue weighted by Gasteiger charge is 2.28. The number of carbonyl (C=O) groups excluding carboxylic acids is 1. The first-order chi connectivity index (χ1) is 13.0. The Morgan fingerprint density at radius 2 is 1.78 bits per heavy atom. The minimum atomic E-state index is -3.58. The molecule has 0 spiro atoms. The molecule has 144 valence electrons. The van der Waals surface area contributed by atoms with Crippen molar-refractivity contribution in [2.45, 2.75) is 4.90 Å². The number of pyridine rings is 1. The number of piperazine rings is 1. The van der Waals surface area contributed by atoms with Crippen LogP contribution in [0.4, 0.5) is 5.82 Å². The molecule has 0 amide bonds. The number of hydrogen-bond donors (Lipinski definition) is 0. The quantitative estimate of drug-likeness (QED) is 0.682. The van der Waals surface area contributed by atoms with Crippen LogP contribution in [-0.2, 0) is 19.6 Å². The number of carbonyl (C=O) groups is 1. The fourth-order valence-electron chi connectivity index (χ4n) is 2.76. The molecule has 2 heterocycles. The van der Waals surface area contributed by atoms with E-state index in [1.165, 1.54) is 35.7 Å². The van der Waals surface area contributed by atoms with Crippen molar-refractivity contribution in [1.29, 1.82) is 0 Å². The van der Waals surface area contributed by atoms with Crippen molar-refractivity contribution in [3.63, 3.8) is 0 Å². The molecule has 1 aromatic carbocycles. The van der Waals surface area contributed by atoms with E-state index in [2.05, 4.69) is 14.6 Å². The third-order valence-corrected chi connectivity index (χ3v) is 6.17. The number of anilines is 1. The Labute approximate surface area is 158 Å². The first-order valence-electron chi connectivity index (χ1n) is 8.46. The topological polar surface area (TPSA) is 89.0 Å². The number of hydrogen-bond acceptors (Lipinski definition) is 7. The van der Waals surface area contributed by atoms with Crippen LogP contribution < -0.4 is 9.64 Å². The maximum absolute atomic E-state index is 12.8. The lowest BCUT2D eigenvalue weighted by Crippen LogP contribution is -2.48. The standard InChI is InChI=1S/C18H21N3O5S/c1-25-18(22)14-26-15-5-7-16(8-6-15)27(23,24)21-12-10-20(11-13-21)17-4-2-3-9-19-17/h2-9H,10-14H2,1H3. The van der Waals surface area contributed by atoms with Gasteiger partial charge in [0.2, 0.25) is 10.0 Å². The molecule has 1 aliphatic rings. The molecule has 0 bridgehead atoms. The number of sulfonamides is 1. The number of nitrogens with zero attached hydrogens (tertiary/aromatic N) is 3. The Hall–Kier alpha value is -2.65. The van der Waals surface area contributed by atoms with Crippen LogP contribution in [0.15, 0.2) is 53.6 Å². The first kappa shape index (κ1) is 19.1. The number of esters is 1. The zero-order chi connectivity index (χ0) is 19.3. The molecular weight excluding hydrogens is 370 g/mol. The van der Waals surface area contributed by atoms with E-state index in [9.17, 15) is 13.2 Å². The van der Waals surface area contributed by atoms with Gasteiger partial charge in [-0.15, -0.1) is 0 Å². The molecule has 9 heteroatoms. The van der Waals surface area contributed by atoms with Crippen LogP contribution in [0.5, 0.6) is 5.75 Å². The molecule has 8 nitrogen and oxygen atoms in total. The predicted molar refractivity (Wildman–Crippen MR) is 99.2 cm³/mol. The van der Waals surface area contributed by atoms with Crippen LogP contribution in [-0.4, -0.2) is 63.6 Å². The van der Waals surface area contributed by atoms with Crippen molar-refractivity contribution in [3.8, 4) is 5.75 Å². The lowest BCUT2D eigenvalue weighted by molar-refractivity contribution is -0.142. The number of rotatable bonds is 6. The molecule has 1 saturated heterocycles. The molecule has 2 aromatic rings. The molecule has 0 N–H and O–H groups in total. The van der Waals surface area contributed by atoms with Gasteiger partial charge in [-0.25, -0.2) is 18.2 Å². The molecule has 3 rings (SSSR count). The van der Waals surface area contributed by atoms with E-state index in [0.29, 0.717) is 31.9 Å². The van der Waals surface area contributed by atoms with E-state index in [1.807, 2.05) is 18.2 Å². The molecule has 0 saturated carbocycles. The number of methoxy groups -OCH3 is 1. The van der Waals surface area contributed by atoms with Crippen molar-refractivity contribution in [1.82, 2.24) is 9.29 Å². The van der Waals surface area contributed by atoms with Crippen molar-refractivity contribution in [2.24, 2.45) is 0 Å². The molecule has 0 radical (unpaired) electrons. The predicted octanol–water partition coefficient (Wildman–Crippen LogP) is 1.14. The lowest BCUT2D eigenvalue weighted by atomic mass is 10.3. The summed E-state index contributed by atoms with van der Waals surface area (Å²) in [6.07, 6.45) is 1.72. The van der Waals surface area contributed by atoms with E-state index < -0.39 is 16.0 Å². The van der Waals surface area contributed by atoms with E-state index >= 15 is 0 Å². The summed E-state index contributed by atoms with van der Waals surface area (Å²) in [5.41, 5.74) is 0. The van der Waals surface area contributed by atoms with Gasteiger partial charge in [0.05, 0.1) is 12.0 Å². The van der Waals surface area contributed by atoms with Crippen LogP contribution in [0.2, 0.25) is 0 Å². The summed E-state index contributed by atoms with van der Waals surface area (Å²) < 4.78 is 36.9. The average molecular weight is 391 g/mol. The average Bonchev–Trinajstić information content (AvgIpc) is 2.73. The SMILES string of the molecule is COC(=O)COc1ccc(S(=O)(=O)N2CCN(c3ccccn3)CC2)cc1. The largest absolute Gasteiger partial charge is 0.482 e. The van der Waals surface area contributed by atoms with Gasteiger partial charge in [-0.3, -0.25) is 0 Å². The number of aromatic nitrogens is 1. The van der Waals surface area contributed by atoms with Gasteiger partial charge in [0, 0.05) is 32.4 Å². The summed E-state index contributed by atoms with van der Waals surface area (Å²) in [5.74, 6) is 0.749. The Bertz CT molecular complexity index is 864. The molecule has 1 fully saturated rings. The summed E-state index contributed by atoms with van der Waals surface area (Å²) in [4.78, 5) is 17.7. The second-order valence-electron chi connectivity index (χ2n) is 5.92. The smallest absolute Gasteiger partial charge is 0.343 e. The molecular formula is C18H21N3O5S. The van der Waals surface area contributed by atoms with Crippen LogP contribution >= 0.6 is 0 Å². The second kappa shape index (κ2) is 8.36. The normalized spacial score (nSPS) is 15.4. The third-order valence-electron chi connectivity index (χ3n) is 4.26. The fraction of sp³-hybridized carbons (Fsp3) is 0.333. The van der Waals surface area contributed by atoms with E-state index in [4.69, 9.17) is 4.74 Å². The maximum Gasteiger partial charge on any atom is 0.343 e. The summed E-state index contributed by atoms with van der Waals surface area (Å²) in [6, 6.07) is 11.7. The summed E-state index contributed by atoms with van der Waals surface area (Å²) in [5, 5.41) is 0. The molecule has 0 aliphatic carbocycles. The molecule has 0 atom stereocenters. The van der Waals surface area contributed by atoms with Crippen LogP contribution in [0.3, 0.4) is 0 Å². The van der Waals surface area contributed by atoms with Gasteiger partial charge in [-0.1, -0.05) is 6.07 Å². The zero-order valence-corrected chi connectivity index (χ0v) is 15.8. The molecule has 1 aromatic heterocycles. The minimum Gasteiger partial charge on any atom is -0.482 e. The van der Waals surface area contributed by atoms with Crippen molar-refractivity contribution in [2.75, 3.05) is 44.8 Å². The minimum absolute atomic E-state index is 0.194. The van der Waals surface area contributed by atoms with Gasteiger partial charge in [0.15, 0.2) is 6.61 Å². The van der Waals surface area contributed by atoms with Crippen LogP contribution in [0.1, 0.15) is 0 Å².